The lowest BCUT2D eigenvalue weighted by atomic mass is 10.1. The Morgan fingerprint density at radius 2 is 1.71 bits per heavy atom. The average molecular weight is 292 g/mol. The van der Waals surface area contributed by atoms with Crippen LogP contribution in [0, 0.1) is 0 Å². The second kappa shape index (κ2) is 6.78. The highest BCUT2D eigenvalue weighted by Crippen LogP contribution is 2.33. The predicted octanol–water partition coefficient (Wildman–Crippen LogP) is 1.92. The standard InChI is InChI=1S/C15H16O6/c1-3-18-14(16)11(15(17)19-4-2)7-10-5-6-12-13(8-10)21-9-20-12/h5-8H,3-4,9H2,1-2H3. The Hall–Kier alpha value is -2.50. The van der Waals surface area contributed by atoms with Gasteiger partial charge in [-0.05, 0) is 37.6 Å². The molecule has 0 atom stereocenters. The van der Waals surface area contributed by atoms with Crippen LogP contribution in [0.3, 0.4) is 0 Å². The first kappa shape index (κ1) is 14.9. The largest absolute Gasteiger partial charge is 0.462 e. The van der Waals surface area contributed by atoms with Crippen molar-refractivity contribution in [2.45, 2.75) is 13.8 Å². The van der Waals surface area contributed by atoms with Gasteiger partial charge in [-0.1, -0.05) is 6.07 Å². The van der Waals surface area contributed by atoms with Crippen LogP contribution in [0.5, 0.6) is 11.5 Å². The van der Waals surface area contributed by atoms with E-state index >= 15 is 0 Å². The number of rotatable bonds is 5. The Kier molecular flexibility index (Phi) is 4.81. The first-order valence-corrected chi connectivity index (χ1v) is 6.61. The highest BCUT2D eigenvalue weighted by molar-refractivity contribution is 6.17. The second-order valence-corrected chi connectivity index (χ2v) is 4.11. The third-order valence-corrected chi connectivity index (χ3v) is 2.70. The number of carbonyl (C=O) groups excluding carboxylic acids is 2. The van der Waals surface area contributed by atoms with E-state index in [1.807, 2.05) is 0 Å². The zero-order chi connectivity index (χ0) is 15.2. The lowest BCUT2D eigenvalue weighted by Gasteiger charge is -2.07. The van der Waals surface area contributed by atoms with Crippen LogP contribution in [0.15, 0.2) is 23.8 Å². The molecule has 0 saturated heterocycles. The van der Waals surface area contributed by atoms with Crippen LogP contribution in [0.4, 0.5) is 0 Å². The smallest absolute Gasteiger partial charge is 0.345 e. The van der Waals surface area contributed by atoms with E-state index in [1.54, 1.807) is 32.0 Å². The van der Waals surface area contributed by atoms with E-state index in [2.05, 4.69) is 0 Å². The summed E-state index contributed by atoms with van der Waals surface area (Å²) in [5.74, 6) is -0.237. The third kappa shape index (κ3) is 3.53. The molecule has 1 aliphatic rings. The van der Waals surface area contributed by atoms with Crippen LogP contribution in [-0.4, -0.2) is 31.9 Å². The summed E-state index contributed by atoms with van der Waals surface area (Å²) in [5.41, 5.74) is 0.466. The Labute approximate surface area is 122 Å². The lowest BCUT2D eigenvalue weighted by Crippen LogP contribution is -2.18. The van der Waals surface area contributed by atoms with Crippen LogP contribution in [0.2, 0.25) is 0 Å². The molecule has 0 fully saturated rings. The molecule has 0 N–H and O–H groups in total. The molecule has 1 heterocycles. The molecule has 1 aromatic carbocycles. The van der Waals surface area contributed by atoms with E-state index in [1.165, 1.54) is 6.08 Å². The molecule has 0 saturated carbocycles. The average Bonchev–Trinajstić information content (AvgIpc) is 2.92. The van der Waals surface area contributed by atoms with E-state index in [4.69, 9.17) is 18.9 Å². The van der Waals surface area contributed by atoms with E-state index in [0.717, 1.165) is 0 Å². The molecule has 0 bridgehead atoms. The number of hydrogen-bond donors (Lipinski definition) is 0. The molecule has 1 aliphatic heterocycles. The summed E-state index contributed by atoms with van der Waals surface area (Å²) in [4.78, 5) is 23.7. The summed E-state index contributed by atoms with van der Waals surface area (Å²) in [6, 6.07) is 5.11. The number of benzene rings is 1. The normalized spacial score (nSPS) is 11.7. The Bertz CT molecular complexity index is 556. The molecule has 112 valence electrons. The summed E-state index contributed by atoms with van der Waals surface area (Å²) in [5, 5.41) is 0. The van der Waals surface area contributed by atoms with Gasteiger partial charge in [-0.15, -0.1) is 0 Å². The summed E-state index contributed by atoms with van der Waals surface area (Å²) in [6.45, 7) is 3.85. The van der Waals surface area contributed by atoms with Crippen LogP contribution in [0.25, 0.3) is 6.08 Å². The van der Waals surface area contributed by atoms with Crippen molar-refractivity contribution in [1.82, 2.24) is 0 Å². The SMILES string of the molecule is CCOC(=O)C(=Cc1ccc2c(c1)OCO2)C(=O)OCC. The fourth-order valence-electron chi connectivity index (χ4n) is 1.79. The van der Waals surface area contributed by atoms with Crippen LogP contribution in [-0.2, 0) is 19.1 Å². The van der Waals surface area contributed by atoms with Gasteiger partial charge in [0.05, 0.1) is 13.2 Å². The van der Waals surface area contributed by atoms with Gasteiger partial charge < -0.3 is 18.9 Å². The number of fused-ring (bicyclic) bond motifs is 1. The van der Waals surface area contributed by atoms with E-state index in [-0.39, 0.29) is 25.6 Å². The monoisotopic (exact) mass is 292 g/mol. The van der Waals surface area contributed by atoms with Gasteiger partial charge in [-0.3, -0.25) is 0 Å². The van der Waals surface area contributed by atoms with Crippen molar-refractivity contribution < 1.29 is 28.5 Å². The Morgan fingerprint density at radius 3 is 2.33 bits per heavy atom. The molecule has 2 rings (SSSR count). The zero-order valence-corrected chi connectivity index (χ0v) is 11.9. The highest BCUT2D eigenvalue weighted by Gasteiger charge is 2.21. The molecule has 21 heavy (non-hydrogen) atoms. The first-order chi connectivity index (χ1) is 10.2. The van der Waals surface area contributed by atoms with E-state index in [0.29, 0.717) is 17.1 Å². The predicted molar refractivity (Wildman–Crippen MR) is 73.8 cm³/mol. The second-order valence-electron chi connectivity index (χ2n) is 4.11. The highest BCUT2D eigenvalue weighted by atomic mass is 16.7. The minimum absolute atomic E-state index is 0.155. The minimum atomic E-state index is -0.714. The summed E-state index contributed by atoms with van der Waals surface area (Å²) >= 11 is 0. The zero-order valence-electron chi connectivity index (χ0n) is 11.9. The van der Waals surface area contributed by atoms with Gasteiger partial charge in [0.1, 0.15) is 5.57 Å². The Morgan fingerprint density at radius 1 is 1.10 bits per heavy atom. The van der Waals surface area contributed by atoms with Gasteiger partial charge in [-0.2, -0.15) is 0 Å². The number of esters is 2. The van der Waals surface area contributed by atoms with Crippen molar-refractivity contribution in [1.29, 1.82) is 0 Å². The van der Waals surface area contributed by atoms with E-state index < -0.39 is 11.9 Å². The number of hydrogen-bond acceptors (Lipinski definition) is 6. The molecule has 0 unspecified atom stereocenters. The maximum absolute atomic E-state index is 11.9. The van der Waals surface area contributed by atoms with Crippen molar-refractivity contribution in [3.8, 4) is 11.5 Å². The molecule has 0 amide bonds. The molecule has 6 heteroatoms. The summed E-state index contributed by atoms with van der Waals surface area (Å²) in [6.07, 6.45) is 1.41. The van der Waals surface area contributed by atoms with Gasteiger partial charge in [-0.25, -0.2) is 9.59 Å². The van der Waals surface area contributed by atoms with Crippen molar-refractivity contribution in [2.75, 3.05) is 20.0 Å². The van der Waals surface area contributed by atoms with Gasteiger partial charge in [0, 0.05) is 0 Å². The quantitative estimate of drug-likeness (QED) is 0.357. The minimum Gasteiger partial charge on any atom is -0.462 e. The first-order valence-electron chi connectivity index (χ1n) is 6.61. The van der Waals surface area contributed by atoms with Crippen LogP contribution in [0.1, 0.15) is 19.4 Å². The molecule has 0 spiro atoms. The van der Waals surface area contributed by atoms with Crippen molar-refractivity contribution >= 4 is 18.0 Å². The summed E-state index contributed by atoms with van der Waals surface area (Å²) < 4.78 is 20.2. The maximum atomic E-state index is 11.9. The maximum Gasteiger partial charge on any atom is 0.345 e. The molecule has 1 aromatic rings. The van der Waals surface area contributed by atoms with Gasteiger partial charge >= 0.3 is 11.9 Å². The molecular weight excluding hydrogens is 276 g/mol. The fraction of sp³-hybridized carbons (Fsp3) is 0.333. The number of ether oxygens (including phenoxy) is 4. The molecule has 0 radical (unpaired) electrons. The van der Waals surface area contributed by atoms with Gasteiger partial charge in [0.2, 0.25) is 6.79 Å². The number of carbonyl (C=O) groups is 2. The van der Waals surface area contributed by atoms with Crippen molar-refractivity contribution in [3.63, 3.8) is 0 Å². The third-order valence-electron chi connectivity index (χ3n) is 2.70. The van der Waals surface area contributed by atoms with Gasteiger partial charge in [0.15, 0.2) is 11.5 Å². The summed E-state index contributed by atoms with van der Waals surface area (Å²) in [7, 11) is 0. The van der Waals surface area contributed by atoms with Crippen LogP contribution < -0.4 is 9.47 Å². The molecule has 0 aromatic heterocycles. The van der Waals surface area contributed by atoms with E-state index in [9.17, 15) is 9.59 Å². The van der Waals surface area contributed by atoms with Gasteiger partial charge in [0.25, 0.3) is 0 Å². The molecular formula is C15H16O6. The van der Waals surface area contributed by atoms with Crippen LogP contribution >= 0.6 is 0 Å². The molecule has 6 nitrogen and oxygen atoms in total. The van der Waals surface area contributed by atoms with Crippen molar-refractivity contribution in [3.05, 3.63) is 29.3 Å². The van der Waals surface area contributed by atoms with Crippen molar-refractivity contribution in [2.24, 2.45) is 0 Å². The fourth-order valence-corrected chi connectivity index (χ4v) is 1.79. The topological polar surface area (TPSA) is 71.1 Å². The lowest BCUT2D eigenvalue weighted by molar-refractivity contribution is -0.146. The Balaban J connectivity index is 2.30. The molecule has 0 aliphatic carbocycles.